The number of allylic oxidation sites excluding steroid dienone is 8. The van der Waals surface area contributed by atoms with Gasteiger partial charge in [-0.3, -0.25) is 0 Å². The summed E-state index contributed by atoms with van der Waals surface area (Å²) >= 11 is -4.83. The fourth-order valence-electron chi connectivity index (χ4n) is 6.22. The van der Waals surface area contributed by atoms with E-state index in [1.54, 1.807) is 23.9 Å². The van der Waals surface area contributed by atoms with Crippen LogP contribution in [0.1, 0.15) is 65.2 Å². The molecule has 0 fully saturated rings. The van der Waals surface area contributed by atoms with E-state index in [1.165, 1.54) is 24.3 Å². The zero-order chi connectivity index (χ0) is 29.6. The summed E-state index contributed by atoms with van der Waals surface area (Å²) in [6, 6.07) is 5.49. The Balaban J connectivity index is 2.02. The molecule has 0 aliphatic heterocycles. The molecule has 2 aromatic carbocycles. The summed E-state index contributed by atoms with van der Waals surface area (Å²) in [5, 5.41) is 0. The molecule has 2 aliphatic carbocycles. The van der Waals surface area contributed by atoms with Gasteiger partial charge in [0.25, 0.3) is 0 Å². The van der Waals surface area contributed by atoms with Gasteiger partial charge in [-0.2, -0.15) is 0 Å². The van der Waals surface area contributed by atoms with Crippen molar-refractivity contribution in [2.45, 2.75) is 65.2 Å². The van der Waals surface area contributed by atoms with Gasteiger partial charge in [-0.1, -0.05) is 0 Å². The first-order valence-corrected chi connectivity index (χ1v) is 18.0. The third-order valence-corrected chi connectivity index (χ3v) is 16.4. The molecular formula is C34H42F4N2Ti. The first-order valence-electron chi connectivity index (χ1n) is 14.9. The molecule has 0 bridgehead atoms. The van der Waals surface area contributed by atoms with E-state index in [9.17, 15) is 0 Å². The van der Waals surface area contributed by atoms with Gasteiger partial charge in [0.15, 0.2) is 0 Å². The Bertz CT molecular complexity index is 1260. The van der Waals surface area contributed by atoms with Crippen molar-refractivity contribution in [1.82, 2.24) is 0 Å². The first-order chi connectivity index (χ1) is 19.8. The summed E-state index contributed by atoms with van der Waals surface area (Å²) in [7, 11) is 3.59. The van der Waals surface area contributed by atoms with E-state index in [4.69, 9.17) is 0 Å². The Labute approximate surface area is 246 Å². The van der Waals surface area contributed by atoms with Crippen LogP contribution in [0.2, 0.25) is 0 Å². The molecule has 0 heterocycles. The average molecular weight is 603 g/mol. The van der Waals surface area contributed by atoms with Gasteiger partial charge in [-0.05, 0) is 0 Å². The van der Waals surface area contributed by atoms with Crippen LogP contribution in [-0.2, 0) is 16.6 Å². The molecule has 0 unspecified atom stereocenters. The number of hydrogen-bond donors (Lipinski definition) is 0. The summed E-state index contributed by atoms with van der Waals surface area (Å²) in [6.07, 6.45) is 17.7. The first kappa shape index (κ1) is 31.4. The molecule has 2 aromatic rings. The molecule has 4 rings (SSSR count). The van der Waals surface area contributed by atoms with Gasteiger partial charge >= 0.3 is 247 Å². The van der Waals surface area contributed by atoms with Crippen molar-refractivity contribution in [2.24, 2.45) is 0 Å². The molecule has 0 aromatic heterocycles. The van der Waals surface area contributed by atoms with Crippen LogP contribution in [0, 0.1) is 23.3 Å². The second-order valence-electron chi connectivity index (χ2n) is 11.2. The fourth-order valence-corrected chi connectivity index (χ4v) is 14.5. The molecule has 2 nitrogen and oxygen atoms in total. The van der Waals surface area contributed by atoms with Gasteiger partial charge in [-0.15, -0.1) is 0 Å². The number of hydrogen-bond acceptors (Lipinski definition) is 2. The zero-order valence-corrected chi connectivity index (χ0v) is 26.3. The van der Waals surface area contributed by atoms with Crippen LogP contribution >= 0.6 is 0 Å². The molecule has 0 amide bonds. The zero-order valence-electron chi connectivity index (χ0n) is 24.8. The van der Waals surface area contributed by atoms with E-state index in [1.807, 2.05) is 36.5 Å². The molecule has 7 heteroatoms. The van der Waals surface area contributed by atoms with Crippen LogP contribution in [0.4, 0.5) is 28.9 Å². The van der Waals surface area contributed by atoms with Crippen LogP contribution < -0.4 is 17.5 Å². The van der Waals surface area contributed by atoms with Crippen LogP contribution in [0.5, 0.6) is 0 Å². The molecule has 220 valence electrons. The maximum absolute atomic E-state index is 16.9. The Hall–Kier alpha value is -2.57. The molecule has 0 N–H and O–H groups in total. The summed E-state index contributed by atoms with van der Waals surface area (Å²) < 4.78 is 67.5. The standard InChI is InChI=1S/2C12H16F2N.2C5H5.Ti/c2*1-3-4-5-8-15(2)12-7-6-10(13)9-11(12)14;2*1-2-4-5-3-1;/h2*6-7H,3-5,8H2,1-2H3;2*1-3H,4H2;. The van der Waals surface area contributed by atoms with Crippen LogP contribution in [-0.4, -0.2) is 27.2 Å². The van der Waals surface area contributed by atoms with Gasteiger partial charge in [-0.25, -0.2) is 0 Å². The molecule has 2 aliphatic rings. The van der Waals surface area contributed by atoms with Gasteiger partial charge in [0.1, 0.15) is 0 Å². The van der Waals surface area contributed by atoms with Crippen molar-refractivity contribution in [3.05, 3.63) is 91.7 Å². The molecule has 0 saturated carbocycles. The normalized spacial score (nSPS) is 14.5. The van der Waals surface area contributed by atoms with Crippen LogP contribution in [0.3, 0.4) is 0 Å². The van der Waals surface area contributed by atoms with E-state index in [-0.39, 0.29) is 19.1 Å². The number of halogens is 4. The Morgan fingerprint density at radius 1 is 0.634 bits per heavy atom. The molecule has 0 radical (unpaired) electrons. The maximum atomic E-state index is 16.9. The van der Waals surface area contributed by atoms with Gasteiger partial charge < -0.3 is 0 Å². The molecular weight excluding hydrogens is 560 g/mol. The monoisotopic (exact) mass is 602 g/mol. The summed E-state index contributed by atoms with van der Waals surface area (Å²) in [6.45, 7) is 5.41. The number of nitrogens with zero attached hydrogens (tertiary/aromatic N) is 2. The van der Waals surface area contributed by atoms with Crippen molar-refractivity contribution in [3.8, 4) is 0 Å². The van der Waals surface area contributed by atoms with Crippen LogP contribution in [0.25, 0.3) is 0 Å². The molecule has 0 saturated heterocycles. The van der Waals surface area contributed by atoms with E-state index in [0.717, 1.165) is 46.3 Å². The van der Waals surface area contributed by atoms with Crippen molar-refractivity contribution in [1.29, 1.82) is 0 Å². The predicted molar refractivity (Wildman–Crippen MR) is 161 cm³/mol. The van der Waals surface area contributed by atoms with E-state index < -0.39 is 39.9 Å². The topological polar surface area (TPSA) is 6.48 Å². The Morgan fingerprint density at radius 3 is 1.39 bits per heavy atom. The van der Waals surface area contributed by atoms with Gasteiger partial charge in [0.05, 0.1) is 0 Å². The molecule has 41 heavy (non-hydrogen) atoms. The molecule has 0 spiro atoms. The third kappa shape index (κ3) is 6.15. The molecule has 0 atom stereocenters. The van der Waals surface area contributed by atoms with Crippen molar-refractivity contribution in [2.75, 3.05) is 37.0 Å². The van der Waals surface area contributed by atoms with Gasteiger partial charge in [0.2, 0.25) is 0 Å². The second kappa shape index (κ2) is 14.1. The number of benzene rings is 2. The van der Waals surface area contributed by atoms with E-state index in [2.05, 4.69) is 13.8 Å². The minimum absolute atomic E-state index is 0.140. The number of anilines is 2. The minimum atomic E-state index is -4.83. The predicted octanol–water partition coefficient (Wildman–Crippen LogP) is 8.29. The Morgan fingerprint density at radius 2 is 1.05 bits per heavy atom. The summed E-state index contributed by atoms with van der Waals surface area (Å²) in [4.78, 5) is 3.60. The van der Waals surface area contributed by atoms with E-state index in [0.29, 0.717) is 25.9 Å². The Kier molecular flexibility index (Phi) is 10.8. The number of unbranched alkanes of at least 4 members (excludes halogenated alkanes) is 4. The van der Waals surface area contributed by atoms with Crippen molar-refractivity contribution < 1.29 is 34.2 Å². The van der Waals surface area contributed by atoms with Crippen LogP contribution in [0.15, 0.2) is 68.5 Å². The van der Waals surface area contributed by atoms with E-state index >= 15 is 17.6 Å². The van der Waals surface area contributed by atoms with Crippen molar-refractivity contribution >= 4 is 19.1 Å². The number of rotatable bonds is 14. The summed E-state index contributed by atoms with van der Waals surface area (Å²) in [5.41, 5.74) is 0.526. The fraction of sp³-hybridized carbons (Fsp3) is 0.412. The van der Waals surface area contributed by atoms with Gasteiger partial charge in [0, 0.05) is 0 Å². The SMILES string of the molecule is CCCCCN(C)c1ccc(F)[c]([Ti]([C]2=CC=CC2)([C]2=CC=CC2)[c]2c(F)ccc(N(C)CCCCC)c2F)c1F. The average Bonchev–Trinajstić information content (AvgIpc) is 3.68. The second-order valence-corrected chi connectivity index (χ2v) is 17.1. The third-order valence-electron chi connectivity index (χ3n) is 8.41. The summed E-state index contributed by atoms with van der Waals surface area (Å²) in [5.74, 6) is -2.89. The quantitative estimate of drug-likeness (QED) is 0.122. The van der Waals surface area contributed by atoms with Crippen molar-refractivity contribution in [3.63, 3.8) is 0 Å².